The number of aromatic carboxylic acids is 1. The van der Waals surface area contributed by atoms with E-state index in [2.05, 4.69) is 4.98 Å². The third kappa shape index (κ3) is 2.15. The molecule has 0 saturated carbocycles. The minimum atomic E-state index is -1.27. The van der Waals surface area contributed by atoms with Crippen LogP contribution in [0.5, 0.6) is 0 Å². The maximum atomic E-state index is 13.9. The molecule has 3 nitrogen and oxygen atoms in total. The highest BCUT2D eigenvalue weighted by Gasteiger charge is 2.14. The topological polar surface area (TPSA) is 50.2 Å². The Labute approximate surface area is 97.6 Å². The van der Waals surface area contributed by atoms with Crippen molar-refractivity contribution >= 4 is 5.97 Å². The van der Waals surface area contributed by atoms with Gasteiger partial charge in [0, 0.05) is 23.5 Å². The molecule has 0 unspecified atom stereocenters. The Kier molecular flexibility index (Phi) is 2.87. The molecule has 1 heterocycles. The molecule has 0 atom stereocenters. The monoisotopic (exact) mass is 231 g/mol. The van der Waals surface area contributed by atoms with Crippen LogP contribution in [-0.4, -0.2) is 16.1 Å². The van der Waals surface area contributed by atoms with Crippen molar-refractivity contribution in [1.29, 1.82) is 0 Å². The summed E-state index contributed by atoms with van der Waals surface area (Å²) in [7, 11) is 0. The summed E-state index contributed by atoms with van der Waals surface area (Å²) in [6.07, 6.45) is 3.17. The summed E-state index contributed by atoms with van der Waals surface area (Å²) >= 11 is 0. The number of hydrogen-bond acceptors (Lipinski definition) is 2. The number of nitrogens with zero attached hydrogens (tertiary/aromatic N) is 1. The number of pyridine rings is 1. The molecule has 0 aliphatic heterocycles. The number of carboxylic acid groups (broad SMARTS) is 1. The van der Waals surface area contributed by atoms with Crippen molar-refractivity contribution in [2.75, 3.05) is 0 Å². The van der Waals surface area contributed by atoms with Gasteiger partial charge in [0.1, 0.15) is 5.82 Å². The molecule has 0 saturated heterocycles. The molecule has 17 heavy (non-hydrogen) atoms. The fourth-order valence-electron chi connectivity index (χ4n) is 1.62. The van der Waals surface area contributed by atoms with E-state index >= 15 is 0 Å². The molecule has 86 valence electrons. The molecule has 2 rings (SSSR count). The smallest absolute Gasteiger partial charge is 0.338 e. The summed E-state index contributed by atoms with van der Waals surface area (Å²) in [6, 6.07) is 6.06. The van der Waals surface area contributed by atoms with Crippen molar-refractivity contribution in [3.8, 4) is 11.1 Å². The van der Waals surface area contributed by atoms with E-state index in [9.17, 15) is 9.18 Å². The quantitative estimate of drug-likeness (QED) is 0.864. The molecule has 2 aromatic rings. The second kappa shape index (κ2) is 4.33. The van der Waals surface area contributed by atoms with Crippen LogP contribution in [0.4, 0.5) is 4.39 Å². The SMILES string of the molecule is Cc1cncc(-c2cccc(C(=O)O)c2F)c1. The number of aromatic nitrogens is 1. The highest BCUT2D eigenvalue weighted by atomic mass is 19.1. The first-order valence-electron chi connectivity index (χ1n) is 5.03. The van der Waals surface area contributed by atoms with E-state index in [0.29, 0.717) is 5.56 Å². The lowest BCUT2D eigenvalue weighted by atomic mass is 10.0. The molecule has 1 aromatic heterocycles. The molecule has 0 bridgehead atoms. The van der Waals surface area contributed by atoms with Crippen LogP contribution in [0.15, 0.2) is 36.7 Å². The molecule has 1 N–H and O–H groups in total. The van der Waals surface area contributed by atoms with E-state index in [1.807, 2.05) is 6.92 Å². The molecule has 4 heteroatoms. The van der Waals surface area contributed by atoms with E-state index in [4.69, 9.17) is 5.11 Å². The number of hydrogen-bond donors (Lipinski definition) is 1. The Morgan fingerprint density at radius 3 is 2.76 bits per heavy atom. The van der Waals surface area contributed by atoms with Crippen molar-refractivity contribution in [1.82, 2.24) is 4.98 Å². The zero-order chi connectivity index (χ0) is 12.4. The summed E-state index contributed by atoms with van der Waals surface area (Å²) < 4.78 is 13.9. The first-order chi connectivity index (χ1) is 8.09. The Morgan fingerprint density at radius 1 is 1.35 bits per heavy atom. The summed E-state index contributed by atoms with van der Waals surface area (Å²) in [4.78, 5) is 14.8. The number of rotatable bonds is 2. The van der Waals surface area contributed by atoms with Gasteiger partial charge in [-0.2, -0.15) is 0 Å². The van der Waals surface area contributed by atoms with Gasteiger partial charge < -0.3 is 5.11 Å². The molecule has 0 spiro atoms. The minimum Gasteiger partial charge on any atom is -0.478 e. The molecule has 0 radical (unpaired) electrons. The summed E-state index contributed by atoms with van der Waals surface area (Å²) in [5, 5.41) is 8.84. The van der Waals surface area contributed by atoms with Crippen LogP contribution in [0.1, 0.15) is 15.9 Å². The third-order valence-corrected chi connectivity index (χ3v) is 2.42. The molecule has 0 fully saturated rings. The highest BCUT2D eigenvalue weighted by molar-refractivity contribution is 5.89. The normalized spacial score (nSPS) is 10.2. The van der Waals surface area contributed by atoms with Gasteiger partial charge in [-0.15, -0.1) is 0 Å². The zero-order valence-electron chi connectivity index (χ0n) is 9.14. The maximum absolute atomic E-state index is 13.9. The highest BCUT2D eigenvalue weighted by Crippen LogP contribution is 2.24. The lowest BCUT2D eigenvalue weighted by Crippen LogP contribution is -2.01. The van der Waals surface area contributed by atoms with E-state index in [1.165, 1.54) is 24.4 Å². The van der Waals surface area contributed by atoms with Gasteiger partial charge >= 0.3 is 5.97 Å². The van der Waals surface area contributed by atoms with Crippen LogP contribution in [0.3, 0.4) is 0 Å². The minimum absolute atomic E-state index is 0.251. The van der Waals surface area contributed by atoms with Crippen molar-refractivity contribution in [3.63, 3.8) is 0 Å². The second-order valence-corrected chi connectivity index (χ2v) is 3.72. The molecular weight excluding hydrogens is 221 g/mol. The van der Waals surface area contributed by atoms with Crippen LogP contribution < -0.4 is 0 Å². The summed E-state index contributed by atoms with van der Waals surface area (Å²) in [5.74, 6) is -2.00. The fourth-order valence-corrected chi connectivity index (χ4v) is 1.62. The van der Waals surface area contributed by atoms with Crippen molar-refractivity contribution in [2.45, 2.75) is 6.92 Å². The van der Waals surface area contributed by atoms with Crippen LogP contribution in [0, 0.1) is 12.7 Å². The van der Waals surface area contributed by atoms with Crippen LogP contribution in [0.2, 0.25) is 0 Å². The molecule has 0 aliphatic rings. The van der Waals surface area contributed by atoms with Gasteiger partial charge in [-0.05, 0) is 24.6 Å². The second-order valence-electron chi connectivity index (χ2n) is 3.72. The summed E-state index contributed by atoms with van der Waals surface area (Å²) in [6.45, 7) is 1.84. The van der Waals surface area contributed by atoms with Crippen LogP contribution in [0.25, 0.3) is 11.1 Å². The van der Waals surface area contributed by atoms with Gasteiger partial charge in [-0.3, -0.25) is 4.98 Å². The van der Waals surface area contributed by atoms with E-state index in [1.54, 1.807) is 12.3 Å². The number of halogens is 1. The van der Waals surface area contributed by atoms with Crippen molar-refractivity contribution in [2.24, 2.45) is 0 Å². The summed E-state index contributed by atoms with van der Waals surface area (Å²) in [5.41, 5.74) is 1.39. The zero-order valence-corrected chi connectivity index (χ0v) is 9.14. The average Bonchev–Trinajstić information content (AvgIpc) is 2.29. The molecule has 0 aliphatic carbocycles. The third-order valence-electron chi connectivity index (χ3n) is 2.42. The first-order valence-corrected chi connectivity index (χ1v) is 5.03. The Bertz CT molecular complexity index is 581. The van der Waals surface area contributed by atoms with E-state index in [-0.39, 0.29) is 11.1 Å². The Balaban J connectivity index is 2.60. The fraction of sp³-hybridized carbons (Fsp3) is 0.0769. The van der Waals surface area contributed by atoms with Gasteiger partial charge in [-0.25, -0.2) is 9.18 Å². The van der Waals surface area contributed by atoms with Crippen LogP contribution >= 0.6 is 0 Å². The van der Waals surface area contributed by atoms with Gasteiger partial charge in [0.05, 0.1) is 5.56 Å². The van der Waals surface area contributed by atoms with Crippen molar-refractivity contribution < 1.29 is 14.3 Å². The lowest BCUT2D eigenvalue weighted by molar-refractivity contribution is 0.0692. The number of carboxylic acids is 1. The molecule has 0 amide bonds. The number of aryl methyl sites for hydroxylation is 1. The largest absolute Gasteiger partial charge is 0.478 e. The predicted molar refractivity (Wildman–Crippen MR) is 61.3 cm³/mol. The number of carbonyl (C=O) groups is 1. The first kappa shape index (κ1) is 11.3. The predicted octanol–water partition coefficient (Wildman–Crippen LogP) is 2.89. The Morgan fingerprint density at radius 2 is 2.12 bits per heavy atom. The number of benzene rings is 1. The lowest BCUT2D eigenvalue weighted by Gasteiger charge is -2.06. The molecule has 1 aromatic carbocycles. The van der Waals surface area contributed by atoms with E-state index < -0.39 is 11.8 Å². The standard InChI is InChI=1S/C13H10FNO2/c1-8-5-9(7-15-6-8)10-3-2-4-11(12(10)14)13(16)17/h2-7H,1H3,(H,16,17). The molecular formula is C13H10FNO2. The van der Waals surface area contributed by atoms with E-state index in [0.717, 1.165) is 5.56 Å². The van der Waals surface area contributed by atoms with Gasteiger partial charge in [0.15, 0.2) is 0 Å². The van der Waals surface area contributed by atoms with Crippen LogP contribution in [-0.2, 0) is 0 Å². The van der Waals surface area contributed by atoms with Crippen molar-refractivity contribution in [3.05, 3.63) is 53.6 Å². The maximum Gasteiger partial charge on any atom is 0.338 e. The van der Waals surface area contributed by atoms with Gasteiger partial charge in [-0.1, -0.05) is 12.1 Å². The van der Waals surface area contributed by atoms with Gasteiger partial charge in [0.25, 0.3) is 0 Å². The average molecular weight is 231 g/mol. The van der Waals surface area contributed by atoms with Gasteiger partial charge in [0.2, 0.25) is 0 Å². The Hall–Kier alpha value is -2.23.